The first-order valence-electron chi connectivity index (χ1n) is 10.5. The van der Waals surface area contributed by atoms with Crippen molar-refractivity contribution in [3.05, 3.63) is 98.6 Å². The zero-order valence-electron chi connectivity index (χ0n) is 18.6. The van der Waals surface area contributed by atoms with Crippen molar-refractivity contribution >= 4 is 56.1 Å². The van der Waals surface area contributed by atoms with E-state index in [2.05, 4.69) is 37.9 Å². The fourth-order valence-electron chi connectivity index (χ4n) is 3.88. The van der Waals surface area contributed by atoms with Crippen molar-refractivity contribution in [3.63, 3.8) is 0 Å². The molecule has 1 N–H and O–H groups in total. The lowest BCUT2D eigenvalue weighted by Gasteiger charge is -2.10. The van der Waals surface area contributed by atoms with Crippen LogP contribution in [0.25, 0.3) is 17.0 Å². The Morgan fingerprint density at radius 3 is 2.62 bits per heavy atom. The van der Waals surface area contributed by atoms with Gasteiger partial charge in [-0.05, 0) is 55.0 Å². The Labute approximate surface area is 211 Å². The molecule has 0 aliphatic rings. The predicted octanol–water partition coefficient (Wildman–Crippen LogP) is 6.97. The van der Waals surface area contributed by atoms with Gasteiger partial charge in [0.2, 0.25) is 0 Å². The number of halogens is 2. The number of aromatic nitrogens is 1. The zero-order valence-corrected chi connectivity index (χ0v) is 20.9. The number of nitrogens with one attached hydrogen (secondary N) is 1. The Balaban J connectivity index is 1.74. The van der Waals surface area contributed by atoms with Crippen LogP contribution in [0.2, 0.25) is 5.02 Å². The average Bonchev–Trinajstić information content (AvgIpc) is 3.09. The zero-order chi connectivity index (χ0) is 24.2. The summed E-state index contributed by atoms with van der Waals surface area (Å²) in [6.07, 6.45) is 1.64. The molecule has 4 rings (SSSR count). The van der Waals surface area contributed by atoms with Gasteiger partial charge in [-0.2, -0.15) is 5.26 Å². The van der Waals surface area contributed by atoms with E-state index < -0.39 is 5.91 Å². The molecular formula is C27H21BrClN3O2. The Morgan fingerprint density at radius 2 is 1.91 bits per heavy atom. The third-order valence-corrected chi connectivity index (χ3v) is 6.36. The first-order valence-corrected chi connectivity index (χ1v) is 11.7. The topological polar surface area (TPSA) is 67.0 Å². The smallest absolute Gasteiger partial charge is 0.266 e. The van der Waals surface area contributed by atoms with Gasteiger partial charge in [0, 0.05) is 38.2 Å². The number of para-hydroxylation sites is 1. The quantitative estimate of drug-likeness (QED) is 0.215. The standard InChI is InChI=1S/C27H21BrClN3O2/c1-17-23(13-19(15-30)27(33)31-24-14-21(29)11-12-26(24)34-2)22-5-3-4-6-25(22)32(17)16-18-7-9-20(28)10-8-18/h3-14H,16H2,1-2H3,(H,31,33)/b19-13+. The van der Waals surface area contributed by atoms with E-state index in [0.29, 0.717) is 23.0 Å². The fraction of sp³-hybridized carbons (Fsp3) is 0.111. The summed E-state index contributed by atoms with van der Waals surface area (Å²) >= 11 is 9.55. The number of fused-ring (bicyclic) bond motifs is 1. The van der Waals surface area contributed by atoms with Crippen LogP contribution in [-0.4, -0.2) is 17.6 Å². The lowest BCUT2D eigenvalue weighted by atomic mass is 10.1. The molecule has 0 bridgehead atoms. The number of hydrogen-bond donors (Lipinski definition) is 1. The molecule has 0 spiro atoms. The number of hydrogen-bond acceptors (Lipinski definition) is 3. The number of anilines is 1. The number of amides is 1. The van der Waals surface area contributed by atoms with Crippen LogP contribution in [0.15, 0.2) is 76.8 Å². The fourth-order valence-corrected chi connectivity index (χ4v) is 4.31. The summed E-state index contributed by atoms with van der Waals surface area (Å²) in [5.74, 6) is -0.0791. The third-order valence-electron chi connectivity index (χ3n) is 5.60. The van der Waals surface area contributed by atoms with E-state index in [-0.39, 0.29) is 5.57 Å². The first-order chi connectivity index (χ1) is 16.4. The van der Waals surface area contributed by atoms with E-state index in [9.17, 15) is 10.1 Å². The molecule has 170 valence electrons. The minimum absolute atomic E-state index is 0.0170. The van der Waals surface area contributed by atoms with Crippen molar-refractivity contribution in [2.45, 2.75) is 13.5 Å². The number of carbonyl (C=O) groups is 1. The molecule has 1 amide bonds. The van der Waals surface area contributed by atoms with Crippen molar-refractivity contribution in [1.82, 2.24) is 4.57 Å². The Bertz CT molecular complexity index is 1450. The maximum absolute atomic E-state index is 13.0. The van der Waals surface area contributed by atoms with Gasteiger partial charge >= 0.3 is 0 Å². The summed E-state index contributed by atoms with van der Waals surface area (Å²) in [5, 5.41) is 14.0. The van der Waals surface area contributed by atoms with E-state index in [4.69, 9.17) is 16.3 Å². The number of rotatable bonds is 6. The van der Waals surface area contributed by atoms with Crippen molar-refractivity contribution in [1.29, 1.82) is 5.26 Å². The van der Waals surface area contributed by atoms with Crippen LogP contribution in [0.4, 0.5) is 5.69 Å². The van der Waals surface area contributed by atoms with Gasteiger partial charge in [-0.25, -0.2) is 0 Å². The van der Waals surface area contributed by atoms with Gasteiger partial charge in [-0.3, -0.25) is 4.79 Å². The SMILES string of the molecule is COc1ccc(Cl)cc1NC(=O)/C(C#N)=C/c1c(C)n(Cc2ccc(Br)cc2)c2ccccc12. The molecule has 7 heteroatoms. The molecular weight excluding hydrogens is 514 g/mol. The number of nitrogens with zero attached hydrogens (tertiary/aromatic N) is 2. The van der Waals surface area contributed by atoms with E-state index in [1.165, 1.54) is 7.11 Å². The molecule has 0 aliphatic heterocycles. The molecule has 0 saturated heterocycles. The van der Waals surface area contributed by atoms with Crippen LogP contribution in [-0.2, 0) is 11.3 Å². The summed E-state index contributed by atoms with van der Waals surface area (Å²) < 4.78 is 8.51. The summed E-state index contributed by atoms with van der Waals surface area (Å²) in [7, 11) is 1.50. The minimum atomic E-state index is -0.535. The summed E-state index contributed by atoms with van der Waals surface area (Å²) in [6, 6.07) is 23.1. The van der Waals surface area contributed by atoms with Crippen LogP contribution in [0.3, 0.4) is 0 Å². The van der Waals surface area contributed by atoms with Gasteiger partial charge in [0.25, 0.3) is 5.91 Å². The van der Waals surface area contributed by atoms with Crippen molar-refractivity contribution in [2.24, 2.45) is 0 Å². The van der Waals surface area contributed by atoms with Crippen LogP contribution in [0.5, 0.6) is 5.75 Å². The predicted molar refractivity (Wildman–Crippen MR) is 140 cm³/mol. The largest absolute Gasteiger partial charge is 0.495 e. The lowest BCUT2D eigenvalue weighted by molar-refractivity contribution is -0.112. The lowest BCUT2D eigenvalue weighted by Crippen LogP contribution is -2.14. The van der Waals surface area contributed by atoms with Crippen molar-refractivity contribution < 1.29 is 9.53 Å². The van der Waals surface area contributed by atoms with Gasteiger partial charge in [-0.15, -0.1) is 0 Å². The molecule has 0 unspecified atom stereocenters. The molecule has 34 heavy (non-hydrogen) atoms. The molecule has 0 aliphatic carbocycles. The maximum atomic E-state index is 13.0. The second-order valence-corrected chi connectivity index (χ2v) is 9.05. The van der Waals surface area contributed by atoms with Crippen LogP contribution in [0, 0.1) is 18.3 Å². The highest BCUT2D eigenvalue weighted by Gasteiger charge is 2.17. The molecule has 0 fully saturated rings. The van der Waals surface area contributed by atoms with Gasteiger partial charge < -0.3 is 14.6 Å². The minimum Gasteiger partial charge on any atom is -0.495 e. The summed E-state index contributed by atoms with van der Waals surface area (Å²) in [6.45, 7) is 2.67. The molecule has 1 aromatic heterocycles. The Kier molecular flexibility index (Phi) is 7.06. The Morgan fingerprint density at radius 1 is 1.18 bits per heavy atom. The number of benzene rings is 3. The number of carbonyl (C=O) groups excluding carboxylic acids is 1. The molecule has 4 aromatic rings. The number of ether oxygens (including phenoxy) is 1. The molecule has 0 atom stereocenters. The van der Waals surface area contributed by atoms with Gasteiger partial charge in [0.1, 0.15) is 17.4 Å². The highest BCUT2D eigenvalue weighted by molar-refractivity contribution is 9.10. The molecule has 0 saturated carbocycles. The van der Waals surface area contributed by atoms with E-state index >= 15 is 0 Å². The molecule has 3 aromatic carbocycles. The highest BCUT2D eigenvalue weighted by atomic mass is 79.9. The van der Waals surface area contributed by atoms with Crippen molar-refractivity contribution in [2.75, 3.05) is 12.4 Å². The van der Waals surface area contributed by atoms with E-state index in [1.54, 1.807) is 24.3 Å². The van der Waals surface area contributed by atoms with Gasteiger partial charge in [0.05, 0.1) is 12.8 Å². The molecule has 5 nitrogen and oxygen atoms in total. The molecule has 0 radical (unpaired) electrons. The Hall–Kier alpha value is -3.53. The number of nitriles is 1. The van der Waals surface area contributed by atoms with Crippen molar-refractivity contribution in [3.8, 4) is 11.8 Å². The van der Waals surface area contributed by atoms with Gasteiger partial charge in [0.15, 0.2) is 0 Å². The molecule has 1 heterocycles. The second-order valence-electron chi connectivity index (χ2n) is 7.70. The summed E-state index contributed by atoms with van der Waals surface area (Å²) in [5.41, 5.74) is 4.35. The van der Waals surface area contributed by atoms with Crippen LogP contribution in [0.1, 0.15) is 16.8 Å². The normalized spacial score (nSPS) is 11.3. The monoisotopic (exact) mass is 533 g/mol. The van der Waals surface area contributed by atoms with Gasteiger partial charge in [-0.1, -0.05) is 57.9 Å². The van der Waals surface area contributed by atoms with Crippen LogP contribution < -0.4 is 10.1 Å². The average molecular weight is 535 g/mol. The first kappa shape index (κ1) is 23.6. The summed E-state index contributed by atoms with van der Waals surface area (Å²) in [4.78, 5) is 13.0. The number of methoxy groups -OCH3 is 1. The van der Waals surface area contributed by atoms with E-state index in [0.717, 1.165) is 32.2 Å². The highest BCUT2D eigenvalue weighted by Crippen LogP contribution is 2.31. The second kappa shape index (κ2) is 10.2. The maximum Gasteiger partial charge on any atom is 0.266 e. The van der Waals surface area contributed by atoms with Crippen LogP contribution >= 0.6 is 27.5 Å². The van der Waals surface area contributed by atoms with E-state index in [1.807, 2.05) is 49.4 Å². The third kappa shape index (κ3) is 4.86.